The normalized spacial score (nSPS) is 13.8. The van der Waals surface area contributed by atoms with Gasteiger partial charge in [0.05, 0.1) is 12.2 Å². The van der Waals surface area contributed by atoms with Gasteiger partial charge in [-0.25, -0.2) is 14.6 Å². The van der Waals surface area contributed by atoms with E-state index in [4.69, 9.17) is 5.11 Å². The maximum atomic E-state index is 12.0. The molecule has 0 aromatic carbocycles. The van der Waals surface area contributed by atoms with Crippen molar-refractivity contribution in [1.82, 2.24) is 15.2 Å². The zero-order chi connectivity index (χ0) is 14.7. The Balaban J connectivity index is 1.93. The molecule has 1 aliphatic carbocycles. The van der Waals surface area contributed by atoms with Crippen molar-refractivity contribution < 1.29 is 14.7 Å². The van der Waals surface area contributed by atoms with Crippen LogP contribution in [0.15, 0.2) is 12.7 Å². The number of hydrogen-bond acceptors (Lipinski definition) is 4. The highest BCUT2D eigenvalue weighted by Crippen LogP contribution is 2.26. The monoisotopic (exact) mass is 295 g/mol. The van der Waals surface area contributed by atoms with Crippen LogP contribution in [-0.4, -0.2) is 39.6 Å². The van der Waals surface area contributed by atoms with Gasteiger partial charge in [0.15, 0.2) is 0 Å². The number of nitrogens with one attached hydrogen (secondary N) is 1. The molecule has 0 aliphatic heterocycles. The summed E-state index contributed by atoms with van der Waals surface area (Å²) in [7, 11) is 0. The highest BCUT2D eigenvalue weighted by molar-refractivity contribution is 7.13. The second-order valence-corrected chi connectivity index (χ2v) is 5.74. The van der Waals surface area contributed by atoms with Gasteiger partial charge in [0.25, 0.3) is 0 Å². The van der Waals surface area contributed by atoms with E-state index in [1.807, 2.05) is 0 Å². The first-order valence-electron chi connectivity index (χ1n) is 6.38. The summed E-state index contributed by atoms with van der Waals surface area (Å²) in [4.78, 5) is 29.1. The number of urea groups is 1. The largest absolute Gasteiger partial charge is 0.477 e. The van der Waals surface area contributed by atoms with Gasteiger partial charge >= 0.3 is 12.0 Å². The number of aromatic carboxylic acids is 1. The number of carboxylic acid groups (broad SMARTS) is 1. The fraction of sp³-hybridized carbons (Fsp3) is 0.462. The topological polar surface area (TPSA) is 82.5 Å². The molecule has 0 saturated heterocycles. The molecule has 1 aromatic heterocycles. The molecule has 2 rings (SSSR count). The molecular weight excluding hydrogens is 278 g/mol. The van der Waals surface area contributed by atoms with E-state index in [0.29, 0.717) is 23.3 Å². The summed E-state index contributed by atoms with van der Waals surface area (Å²) in [5, 5.41) is 12.3. The van der Waals surface area contributed by atoms with Crippen LogP contribution in [-0.2, 0) is 6.54 Å². The molecule has 0 unspecified atom stereocenters. The molecule has 1 saturated carbocycles. The molecule has 0 spiro atoms. The highest BCUT2D eigenvalue weighted by Gasteiger charge is 2.31. The molecule has 20 heavy (non-hydrogen) atoms. The summed E-state index contributed by atoms with van der Waals surface area (Å²) in [5.74, 6) is -0.983. The van der Waals surface area contributed by atoms with Gasteiger partial charge in [-0.1, -0.05) is 6.08 Å². The fourth-order valence-electron chi connectivity index (χ4n) is 1.90. The van der Waals surface area contributed by atoms with Crippen molar-refractivity contribution >= 4 is 23.3 Å². The Morgan fingerprint density at radius 2 is 2.30 bits per heavy atom. The number of carbonyl (C=O) groups excluding carboxylic acids is 1. The standard InChI is InChI=1S/C13H17N3O3S/c1-3-6-16(9-4-5-9)13(19)14-7-10-15-8(2)11(20-10)12(17)18/h3,9H,1,4-7H2,2H3,(H,14,19)(H,17,18). The average molecular weight is 295 g/mol. The molecule has 1 fully saturated rings. The van der Waals surface area contributed by atoms with E-state index < -0.39 is 5.97 Å². The number of hydrogen-bond donors (Lipinski definition) is 2. The Bertz CT molecular complexity index is 537. The van der Waals surface area contributed by atoms with E-state index in [0.717, 1.165) is 24.2 Å². The summed E-state index contributed by atoms with van der Waals surface area (Å²) in [6.07, 6.45) is 3.76. The third kappa shape index (κ3) is 3.36. The number of carboxylic acids is 1. The Hall–Kier alpha value is -1.89. The van der Waals surface area contributed by atoms with Crippen LogP contribution in [0.4, 0.5) is 4.79 Å². The third-order valence-electron chi connectivity index (χ3n) is 3.00. The number of rotatable bonds is 6. The molecule has 6 nitrogen and oxygen atoms in total. The molecule has 2 N–H and O–H groups in total. The Kier molecular flexibility index (Phi) is 4.39. The van der Waals surface area contributed by atoms with Crippen molar-refractivity contribution in [3.05, 3.63) is 28.2 Å². The number of thiazole rings is 1. The minimum absolute atomic E-state index is 0.155. The zero-order valence-electron chi connectivity index (χ0n) is 11.3. The number of nitrogens with zero attached hydrogens (tertiary/aromatic N) is 2. The Morgan fingerprint density at radius 3 is 2.80 bits per heavy atom. The van der Waals surface area contributed by atoms with Crippen LogP contribution in [0.5, 0.6) is 0 Å². The number of carbonyl (C=O) groups is 2. The molecule has 1 heterocycles. The smallest absolute Gasteiger partial charge is 0.347 e. The number of aryl methyl sites for hydroxylation is 1. The summed E-state index contributed by atoms with van der Waals surface area (Å²) in [5.41, 5.74) is 0.483. The van der Waals surface area contributed by atoms with Gasteiger partial charge in [-0.05, 0) is 19.8 Å². The van der Waals surface area contributed by atoms with Gasteiger partial charge in [0.1, 0.15) is 9.88 Å². The molecule has 2 amide bonds. The van der Waals surface area contributed by atoms with Gasteiger partial charge in [0, 0.05) is 12.6 Å². The lowest BCUT2D eigenvalue weighted by atomic mass is 10.4. The van der Waals surface area contributed by atoms with E-state index in [2.05, 4.69) is 16.9 Å². The van der Waals surface area contributed by atoms with Crippen LogP contribution in [0.25, 0.3) is 0 Å². The first-order chi connectivity index (χ1) is 9.52. The first kappa shape index (κ1) is 14.5. The molecule has 0 radical (unpaired) electrons. The predicted molar refractivity (Wildman–Crippen MR) is 76.0 cm³/mol. The Labute approximate surface area is 121 Å². The molecule has 0 bridgehead atoms. The van der Waals surface area contributed by atoms with Crippen molar-refractivity contribution in [3.63, 3.8) is 0 Å². The minimum Gasteiger partial charge on any atom is -0.477 e. The summed E-state index contributed by atoms with van der Waals surface area (Å²) in [6, 6.07) is 0.151. The van der Waals surface area contributed by atoms with Gasteiger partial charge in [-0.2, -0.15) is 0 Å². The van der Waals surface area contributed by atoms with Crippen LogP contribution in [0, 0.1) is 6.92 Å². The quantitative estimate of drug-likeness (QED) is 0.786. The van der Waals surface area contributed by atoms with Crippen molar-refractivity contribution in [3.8, 4) is 0 Å². The van der Waals surface area contributed by atoms with Crippen molar-refractivity contribution in [2.24, 2.45) is 0 Å². The maximum absolute atomic E-state index is 12.0. The lowest BCUT2D eigenvalue weighted by Gasteiger charge is -2.20. The van der Waals surface area contributed by atoms with E-state index >= 15 is 0 Å². The molecule has 0 atom stereocenters. The van der Waals surface area contributed by atoms with Crippen LogP contribution in [0.2, 0.25) is 0 Å². The molecule has 108 valence electrons. The second kappa shape index (κ2) is 6.04. The van der Waals surface area contributed by atoms with Crippen molar-refractivity contribution in [2.75, 3.05) is 6.54 Å². The second-order valence-electron chi connectivity index (χ2n) is 4.66. The lowest BCUT2D eigenvalue weighted by molar-refractivity contribution is 0.0701. The molecule has 1 aromatic rings. The predicted octanol–water partition coefficient (Wildman–Crippen LogP) is 2.01. The van der Waals surface area contributed by atoms with Crippen LogP contribution in [0.3, 0.4) is 0 Å². The van der Waals surface area contributed by atoms with E-state index in [9.17, 15) is 9.59 Å². The molecule has 7 heteroatoms. The Morgan fingerprint density at radius 1 is 1.60 bits per heavy atom. The SMILES string of the molecule is C=CCN(C(=O)NCc1nc(C)c(C(=O)O)s1)C1CC1. The van der Waals surface area contributed by atoms with E-state index in [1.165, 1.54) is 0 Å². The summed E-state index contributed by atoms with van der Waals surface area (Å²) >= 11 is 1.09. The van der Waals surface area contributed by atoms with Crippen LogP contribution >= 0.6 is 11.3 Å². The summed E-state index contributed by atoms with van der Waals surface area (Å²) < 4.78 is 0. The van der Waals surface area contributed by atoms with Crippen LogP contribution in [0.1, 0.15) is 33.2 Å². The van der Waals surface area contributed by atoms with Gasteiger partial charge < -0.3 is 15.3 Å². The highest BCUT2D eigenvalue weighted by atomic mass is 32.1. The first-order valence-corrected chi connectivity index (χ1v) is 7.19. The fourth-order valence-corrected chi connectivity index (χ4v) is 2.75. The van der Waals surface area contributed by atoms with Crippen molar-refractivity contribution in [2.45, 2.75) is 32.4 Å². The average Bonchev–Trinajstić information content (AvgIpc) is 3.16. The number of aromatic nitrogens is 1. The summed E-state index contributed by atoms with van der Waals surface area (Å²) in [6.45, 7) is 6.07. The minimum atomic E-state index is -0.983. The molecular formula is C13H17N3O3S. The van der Waals surface area contributed by atoms with Gasteiger partial charge in [-0.15, -0.1) is 17.9 Å². The lowest BCUT2D eigenvalue weighted by Crippen LogP contribution is -2.41. The van der Waals surface area contributed by atoms with Crippen LogP contribution < -0.4 is 5.32 Å². The van der Waals surface area contributed by atoms with E-state index in [1.54, 1.807) is 17.9 Å². The molecule has 1 aliphatic rings. The van der Waals surface area contributed by atoms with Gasteiger partial charge in [0.2, 0.25) is 0 Å². The van der Waals surface area contributed by atoms with E-state index in [-0.39, 0.29) is 17.5 Å². The van der Waals surface area contributed by atoms with Gasteiger partial charge in [-0.3, -0.25) is 0 Å². The maximum Gasteiger partial charge on any atom is 0.347 e. The number of amides is 2. The third-order valence-corrected chi connectivity index (χ3v) is 4.15. The van der Waals surface area contributed by atoms with Crippen molar-refractivity contribution in [1.29, 1.82) is 0 Å². The zero-order valence-corrected chi connectivity index (χ0v) is 12.1.